The van der Waals surface area contributed by atoms with Crippen molar-refractivity contribution in [3.8, 4) is 5.75 Å². The van der Waals surface area contributed by atoms with Crippen LogP contribution < -0.4 is 4.74 Å². The molecule has 0 radical (unpaired) electrons. The van der Waals surface area contributed by atoms with Crippen molar-refractivity contribution in [1.82, 2.24) is 0 Å². The van der Waals surface area contributed by atoms with Gasteiger partial charge >= 0.3 is 0 Å². The lowest BCUT2D eigenvalue weighted by atomic mass is 9.99. The van der Waals surface area contributed by atoms with E-state index in [0.717, 1.165) is 12.0 Å². The summed E-state index contributed by atoms with van der Waals surface area (Å²) < 4.78 is 10.5. The highest BCUT2D eigenvalue weighted by molar-refractivity contribution is 6.03. The van der Waals surface area contributed by atoms with Crippen molar-refractivity contribution in [3.05, 3.63) is 29.3 Å². The average molecular weight is 206 g/mol. The molecule has 0 N–H and O–H groups in total. The van der Waals surface area contributed by atoms with Crippen molar-refractivity contribution >= 4 is 5.78 Å². The summed E-state index contributed by atoms with van der Waals surface area (Å²) >= 11 is 0. The number of hydrogen-bond donors (Lipinski definition) is 0. The van der Waals surface area contributed by atoms with Crippen LogP contribution in [0.15, 0.2) is 18.2 Å². The van der Waals surface area contributed by atoms with Gasteiger partial charge in [-0.15, -0.1) is 0 Å². The first-order valence-electron chi connectivity index (χ1n) is 5.09. The Morgan fingerprint density at radius 3 is 3.00 bits per heavy atom. The van der Waals surface area contributed by atoms with Crippen molar-refractivity contribution in [2.75, 3.05) is 13.7 Å². The van der Waals surface area contributed by atoms with E-state index >= 15 is 0 Å². The molecule has 1 unspecified atom stereocenters. The van der Waals surface area contributed by atoms with Gasteiger partial charge < -0.3 is 9.47 Å². The Labute approximate surface area is 89.0 Å². The van der Waals surface area contributed by atoms with E-state index in [1.54, 1.807) is 0 Å². The van der Waals surface area contributed by atoms with Crippen molar-refractivity contribution in [2.24, 2.45) is 0 Å². The van der Waals surface area contributed by atoms with Gasteiger partial charge in [-0.1, -0.05) is 13.0 Å². The SMILES string of the molecule is CCc1ccc2c(c1)C(=O)C(OC)CO2. The van der Waals surface area contributed by atoms with Crippen molar-refractivity contribution in [3.63, 3.8) is 0 Å². The monoisotopic (exact) mass is 206 g/mol. The number of fused-ring (bicyclic) bond motifs is 1. The molecule has 15 heavy (non-hydrogen) atoms. The first kappa shape index (κ1) is 10.2. The fourth-order valence-corrected chi connectivity index (χ4v) is 1.71. The van der Waals surface area contributed by atoms with E-state index in [1.807, 2.05) is 18.2 Å². The molecule has 0 bridgehead atoms. The maximum Gasteiger partial charge on any atom is 0.198 e. The number of methoxy groups -OCH3 is 1. The summed E-state index contributed by atoms with van der Waals surface area (Å²) in [5.74, 6) is 0.694. The Bertz CT molecular complexity index is 384. The van der Waals surface area contributed by atoms with Gasteiger partial charge in [0.15, 0.2) is 11.9 Å². The fourth-order valence-electron chi connectivity index (χ4n) is 1.71. The van der Waals surface area contributed by atoms with Crippen molar-refractivity contribution in [1.29, 1.82) is 0 Å². The molecule has 1 atom stereocenters. The second-order valence-corrected chi connectivity index (χ2v) is 3.58. The number of benzene rings is 1. The van der Waals surface area contributed by atoms with Crippen LogP contribution in [0.2, 0.25) is 0 Å². The molecule has 0 aromatic heterocycles. The zero-order valence-electron chi connectivity index (χ0n) is 8.95. The number of carbonyl (C=O) groups excluding carboxylic acids is 1. The zero-order chi connectivity index (χ0) is 10.8. The highest BCUT2D eigenvalue weighted by Gasteiger charge is 2.28. The largest absolute Gasteiger partial charge is 0.490 e. The van der Waals surface area contributed by atoms with Gasteiger partial charge in [0, 0.05) is 7.11 Å². The van der Waals surface area contributed by atoms with Crippen LogP contribution in [0, 0.1) is 0 Å². The first-order chi connectivity index (χ1) is 7.26. The molecule has 3 nitrogen and oxygen atoms in total. The molecule has 1 heterocycles. The van der Waals surface area contributed by atoms with Gasteiger partial charge in [-0.05, 0) is 24.1 Å². The number of carbonyl (C=O) groups is 1. The van der Waals surface area contributed by atoms with Crippen LogP contribution in [0.25, 0.3) is 0 Å². The molecule has 0 amide bonds. The number of ether oxygens (including phenoxy) is 2. The van der Waals surface area contributed by atoms with Crippen LogP contribution in [0.1, 0.15) is 22.8 Å². The van der Waals surface area contributed by atoms with Gasteiger partial charge in [-0.3, -0.25) is 4.79 Å². The molecule has 0 saturated carbocycles. The van der Waals surface area contributed by atoms with Gasteiger partial charge in [0.25, 0.3) is 0 Å². The topological polar surface area (TPSA) is 35.5 Å². The van der Waals surface area contributed by atoms with Crippen LogP contribution in [0.5, 0.6) is 5.75 Å². The van der Waals surface area contributed by atoms with Gasteiger partial charge in [0.2, 0.25) is 0 Å². The minimum Gasteiger partial charge on any atom is -0.490 e. The minimum absolute atomic E-state index is 0.0223. The molecular weight excluding hydrogens is 192 g/mol. The van der Waals surface area contributed by atoms with Crippen molar-refractivity contribution < 1.29 is 14.3 Å². The normalized spacial score (nSPS) is 19.6. The summed E-state index contributed by atoms with van der Waals surface area (Å²) in [7, 11) is 1.53. The van der Waals surface area contributed by atoms with E-state index in [-0.39, 0.29) is 5.78 Å². The third-order valence-corrected chi connectivity index (χ3v) is 2.68. The van der Waals surface area contributed by atoms with E-state index in [4.69, 9.17) is 9.47 Å². The summed E-state index contributed by atoms with van der Waals surface area (Å²) in [6, 6.07) is 5.74. The third-order valence-electron chi connectivity index (χ3n) is 2.68. The quantitative estimate of drug-likeness (QED) is 0.740. The number of ketones is 1. The number of hydrogen-bond acceptors (Lipinski definition) is 3. The third kappa shape index (κ3) is 1.75. The van der Waals surface area contributed by atoms with Gasteiger partial charge in [0.1, 0.15) is 12.4 Å². The van der Waals surface area contributed by atoms with Gasteiger partial charge in [-0.2, -0.15) is 0 Å². The Kier molecular flexibility index (Phi) is 2.73. The molecule has 1 aliphatic rings. The van der Waals surface area contributed by atoms with E-state index in [1.165, 1.54) is 7.11 Å². The highest BCUT2D eigenvalue weighted by Crippen LogP contribution is 2.26. The lowest BCUT2D eigenvalue weighted by Gasteiger charge is -2.23. The first-order valence-corrected chi connectivity index (χ1v) is 5.09. The summed E-state index contributed by atoms with van der Waals surface area (Å²) in [6.07, 6.45) is 0.461. The summed E-state index contributed by atoms with van der Waals surface area (Å²) in [6.45, 7) is 2.37. The van der Waals surface area contributed by atoms with E-state index in [0.29, 0.717) is 17.9 Å². The molecule has 3 heteroatoms. The average Bonchev–Trinajstić information content (AvgIpc) is 2.29. The van der Waals surface area contributed by atoms with Crippen LogP contribution in [0.4, 0.5) is 0 Å². The van der Waals surface area contributed by atoms with Crippen LogP contribution in [-0.2, 0) is 11.2 Å². The Morgan fingerprint density at radius 2 is 2.33 bits per heavy atom. The zero-order valence-corrected chi connectivity index (χ0v) is 8.95. The predicted octanol–water partition coefficient (Wildman–Crippen LogP) is 1.84. The fraction of sp³-hybridized carbons (Fsp3) is 0.417. The maximum atomic E-state index is 11.9. The van der Waals surface area contributed by atoms with Gasteiger partial charge in [-0.25, -0.2) is 0 Å². The van der Waals surface area contributed by atoms with Crippen LogP contribution in [-0.4, -0.2) is 25.6 Å². The van der Waals surface area contributed by atoms with E-state index < -0.39 is 6.10 Å². The maximum absolute atomic E-state index is 11.9. The van der Waals surface area contributed by atoms with Gasteiger partial charge in [0.05, 0.1) is 5.56 Å². The second-order valence-electron chi connectivity index (χ2n) is 3.58. The molecule has 0 spiro atoms. The molecular formula is C12H14O3. The molecule has 0 fully saturated rings. The number of rotatable bonds is 2. The molecule has 0 aliphatic carbocycles. The molecule has 0 saturated heterocycles. The molecule has 1 aromatic carbocycles. The summed E-state index contributed by atoms with van der Waals surface area (Å²) in [4.78, 5) is 11.9. The standard InChI is InChI=1S/C12H14O3/c1-3-8-4-5-10-9(6-8)12(13)11(14-2)7-15-10/h4-6,11H,3,7H2,1-2H3. The van der Waals surface area contributed by atoms with Crippen molar-refractivity contribution in [2.45, 2.75) is 19.4 Å². The Balaban J connectivity index is 2.40. The molecule has 1 aromatic rings. The smallest absolute Gasteiger partial charge is 0.198 e. The van der Waals surface area contributed by atoms with E-state index in [2.05, 4.69) is 6.92 Å². The highest BCUT2D eigenvalue weighted by atomic mass is 16.5. The second kappa shape index (κ2) is 4.03. The minimum atomic E-state index is -0.454. The predicted molar refractivity (Wildman–Crippen MR) is 56.4 cm³/mol. The lowest BCUT2D eigenvalue weighted by Crippen LogP contribution is -2.34. The lowest BCUT2D eigenvalue weighted by molar-refractivity contribution is 0.0368. The van der Waals surface area contributed by atoms with Crippen LogP contribution in [0.3, 0.4) is 0 Å². The van der Waals surface area contributed by atoms with Crippen LogP contribution >= 0.6 is 0 Å². The summed E-state index contributed by atoms with van der Waals surface area (Å²) in [5, 5.41) is 0. The molecule has 2 rings (SSSR count). The molecule has 80 valence electrons. The molecule has 1 aliphatic heterocycles. The Hall–Kier alpha value is -1.35. The number of aryl methyl sites for hydroxylation is 1. The van der Waals surface area contributed by atoms with E-state index in [9.17, 15) is 4.79 Å². The summed E-state index contributed by atoms with van der Waals surface area (Å²) in [5.41, 5.74) is 1.79. The Morgan fingerprint density at radius 1 is 1.53 bits per heavy atom. The number of Topliss-reactive ketones (excluding diaryl/α,β-unsaturated/α-hetero) is 1.